The molecule has 0 radical (unpaired) electrons. The van der Waals surface area contributed by atoms with Gasteiger partial charge in [-0.25, -0.2) is 0 Å². The molecule has 0 amide bonds. The minimum absolute atomic E-state index is 0.455. The fraction of sp³-hybridized carbons (Fsp3) is 0.412. The molecule has 0 saturated heterocycles. The summed E-state index contributed by atoms with van der Waals surface area (Å²) < 4.78 is 12.7. The number of rotatable bonds is 7. The molecular formula is C17H22BrNO2. The van der Waals surface area contributed by atoms with Crippen molar-refractivity contribution in [1.29, 1.82) is 0 Å². The lowest BCUT2D eigenvalue weighted by Gasteiger charge is -2.07. The van der Waals surface area contributed by atoms with E-state index in [1.165, 1.54) is 5.56 Å². The monoisotopic (exact) mass is 351 g/mol. The summed E-state index contributed by atoms with van der Waals surface area (Å²) in [6.07, 6.45) is 1.12. The van der Waals surface area contributed by atoms with Gasteiger partial charge in [0.15, 0.2) is 0 Å². The number of ether oxygens (including phenoxy) is 1. The quantitative estimate of drug-likeness (QED) is 0.731. The van der Waals surface area contributed by atoms with Crippen molar-refractivity contribution in [2.24, 2.45) is 0 Å². The van der Waals surface area contributed by atoms with E-state index in [0.29, 0.717) is 6.61 Å². The van der Waals surface area contributed by atoms with Crippen LogP contribution in [0, 0.1) is 13.8 Å². The van der Waals surface area contributed by atoms with Gasteiger partial charge in [-0.3, -0.25) is 0 Å². The first-order valence-corrected chi connectivity index (χ1v) is 8.07. The van der Waals surface area contributed by atoms with Gasteiger partial charge in [-0.1, -0.05) is 22.9 Å². The van der Waals surface area contributed by atoms with Crippen molar-refractivity contribution in [3.8, 4) is 5.75 Å². The van der Waals surface area contributed by atoms with Crippen LogP contribution < -0.4 is 10.1 Å². The van der Waals surface area contributed by atoms with Crippen molar-refractivity contribution >= 4 is 15.9 Å². The lowest BCUT2D eigenvalue weighted by Crippen LogP contribution is -2.13. The molecule has 0 unspecified atom stereocenters. The summed E-state index contributed by atoms with van der Waals surface area (Å²) in [6, 6.07) is 8.05. The molecule has 0 aliphatic carbocycles. The first kappa shape index (κ1) is 16.1. The summed E-state index contributed by atoms with van der Waals surface area (Å²) >= 11 is 3.45. The topological polar surface area (TPSA) is 34.4 Å². The first-order chi connectivity index (χ1) is 10.1. The predicted octanol–water partition coefficient (Wildman–Crippen LogP) is 4.74. The van der Waals surface area contributed by atoms with Crippen molar-refractivity contribution in [3.63, 3.8) is 0 Å². The zero-order chi connectivity index (χ0) is 15.2. The maximum atomic E-state index is 5.85. The zero-order valence-electron chi connectivity index (χ0n) is 12.8. The van der Waals surface area contributed by atoms with Crippen molar-refractivity contribution in [2.75, 3.05) is 6.54 Å². The fourth-order valence-electron chi connectivity index (χ4n) is 2.14. The minimum atomic E-state index is 0.455. The second kappa shape index (κ2) is 7.66. The van der Waals surface area contributed by atoms with Gasteiger partial charge in [-0.05, 0) is 62.2 Å². The molecule has 4 heteroatoms. The Bertz CT molecular complexity index is 592. The smallest absolute Gasteiger partial charge is 0.146 e. The van der Waals surface area contributed by atoms with Crippen molar-refractivity contribution in [2.45, 2.75) is 40.3 Å². The van der Waals surface area contributed by atoms with Crippen LogP contribution in [0.4, 0.5) is 0 Å². The summed E-state index contributed by atoms with van der Waals surface area (Å²) in [6.45, 7) is 8.49. The maximum Gasteiger partial charge on any atom is 0.146 e. The molecule has 0 aliphatic rings. The van der Waals surface area contributed by atoms with Crippen molar-refractivity contribution in [1.82, 2.24) is 5.32 Å². The van der Waals surface area contributed by atoms with Gasteiger partial charge in [0.1, 0.15) is 23.9 Å². The van der Waals surface area contributed by atoms with Crippen LogP contribution in [0.25, 0.3) is 0 Å². The summed E-state index contributed by atoms with van der Waals surface area (Å²) in [5.41, 5.74) is 2.28. The van der Waals surface area contributed by atoms with Crippen LogP contribution in [0.15, 0.2) is 33.2 Å². The Labute approximate surface area is 134 Å². The molecule has 1 aromatic carbocycles. The molecule has 0 spiro atoms. The van der Waals surface area contributed by atoms with E-state index in [1.807, 2.05) is 25.1 Å². The molecular weight excluding hydrogens is 330 g/mol. The molecule has 1 aromatic heterocycles. The minimum Gasteiger partial charge on any atom is -0.485 e. The molecule has 2 rings (SSSR count). The van der Waals surface area contributed by atoms with Gasteiger partial charge in [0, 0.05) is 4.47 Å². The van der Waals surface area contributed by atoms with Gasteiger partial charge in [-0.15, -0.1) is 0 Å². The first-order valence-electron chi connectivity index (χ1n) is 7.28. The van der Waals surface area contributed by atoms with Gasteiger partial charge in [-0.2, -0.15) is 0 Å². The van der Waals surface area contributed by atoms with Crippen LogP contribution in [0.5, 0.6) is 5.75 Å². The maximum absolute atomic E-state index is 5.85. The second-order valence-electron chi connectivity index (χ2n) is 5.19. The SMILES string of the molecule is CCCNCc1oc(COc2ccc(Br)cc2C)cc1C. The summed E-state index contributed by atoms with van der Waals surface area (Å²) in [4.78, 5) is 0. The van der Waals surface area contributed by atoms with Crippen LogP contribution in [-0.2, 0) is 13.2 Å². The Morgan fingerprint density at radius 3 is 2.71 bits per heavy atom. The Morgan fingerprint density at radius 1 is 1.19 bits per heavy atom. The molecule has 1 N–H and O–H groups in total. The van der Waals surface area contributed by atoms with E-state index >= 15 is 0 Å². The molecule has 3 nitrogen and oxygen atoms in total. The van der Waals surface area contributed by atoms with E-state index in [4.69, 9.17) is 9.15 Å². The second-order valence-corrected chi connectivity index (χ2v) is 6.11. The van der Waals surface area contributed by atoms with E-state index in [9.17, 15) is 0 Å². The molecule has 21 heavy (non-hydrogen) atoms. The van der Waals surface area contributed by atoms with E-state index in [1.54, 1.807) is 0 Å². The Hall–Kier alpha value is -1.26. The number of halogens is 1. The molecule has 0 fully saturated rings. The number of hydrogen-bond acceptors (Lipinski definition) is 3. The van der Waals surface area contributed by atoms with E-state index in [-0.39, 0.29) is 0 Å². The summed E-state index contributed by atoms with van der Waals surface area (Å²) in [5.74, 6) is 2.75. The van der Waals surface area contributed by atoms with Gasteiger partial charge < -0.3 is 14.5 Å². The average Bonchev–Trinajstić information content (AvgIpc) is 2.79. The van der Waals surface area contributed by atoms with E-state index in [0.717, 1.165) is 46.8 Å². The van der Waals surface area contributed by atoms with Gasteiger partial charge >= 0.3 is 0 Å². The molecule has 0 atom stereocenters. The van der Waals surface area contributed by atoms with Crippen LogP contribution in [0.1, 0.15) is 36.0 Å². The number of furan rings is 1. The third-order valence-electron chi connectivity index (χ3n) is 3.29. The normalized spacial score (nSPS) is 10.9. The van der Waals surface area contributed by atoms with Crippen LogP contribution in [0.2, 0.25) is 0 Å². The largest absolute Gasteiger partial charge is 0.485 e. The highest BCUT2D eigenvalue weighted by atomic mass is 79.9. The predicted molar refractivity (Wildman–Crippen MR) is 88.7 cm³/mol. The highest BCUT2D eigenvalue weighted by Crippen LogP contribution is 2.24. The highest BCUT2D eigenvalue weighted by Gasteiger charge is 2.08. The summed E-state index contributed by atoms with van der Waals surface area (Å²) in [7, 11) is 0. The molecule has 0 saturated carbocycles. The van der Waals surface area contributed by atoms with Crippen molar-refractivity contribution in [3.05, 3.63) is 51.4 Å². The molecule has 0 aliphatic heterocycles. The molecule has 2 aromatic rings. The number of benzene rings is 1. The van der Waals surface area contributed by atoms with E-state index < -0.39 is 0 Å². The Balaban J connectivity index is 1.95. The fourth-order valence-corrected chi connectivity index (χ4v) is 2.61. The average molecular weight is 352 g/mol. The third kappa shape index (κ3) is 4.61. The number of aryl methyl sites for hydroxylation is 2. The number of hydrogen-bond donors (Lipinski definition) is 1. The highest BCUT2D eigenvalue weighted by molar-refractivity contribution is 9.10. The molecule has 0 bridgehead atoms. The van der Waals surface area contributed by atoms with Crippen LogP contribution in [-0.4, -0.2) is 6.54 Å². The molecule has 1 heterocycles. The Morgan fingerprint density at radius 2 is 2.00 bits per heavy atom. The lowest BCUT2D eigenvalue weighted by molar-refractivity contribution is 0.263. The van der Waals surface area contributed by atoms with Crippen molar-refractivity contribution < 1.29 is 9.15 Å². The standard InChI is InChI=1S/C17H22BrNO2/c1-4-7-19-10-17-13(3)9-15(21-17)11-20-16-6-5-14(18)8-12(16)2/h5-6,8-9,19H,4,7,10-11H2,1-3H3. The van der Waals surface area contributed by atoms with Crippen LogP contribution >= 0.6 is 15.9 Å². The van der Waals surface area contributed by atoms with E-state index in [2.05, 4.69) is 41.2 Å². The lowest BCUT2D eigenvalue weighted by atomic mass is 10.2. The zero-order valence-corrected chi connectivity index (χ0v) is 14.4. The summed E-state index contributed by atoms with van der Waals surface area (Å²) in [5, 5.41) is 3.35. The Kier molecular flexibility index (Phi) is 5.88. The van der Waals surface area contributed by atoms with Gasteiger partial charge in [0.25, 0.3) is 0 Å². The third-order valence-corrected chi connectivity index (χ3v) is 3.78. The van der Waals surface area contributed by atoms with Gasteiger partial charge in [0.2, 0.25) is 0 Å². The van der Waals surface area contributed by atoms with Crippen LogP contribution in [0.3, 0.4) is 0 Å². The molecule has 114 valence electrons. The van der Waals surface area contributed by atoms with Gasteiger partial charge in [0.05, 0.1) is 6.54 Å². The number of nitrogens with one attached hydrogen (secondary N) is 1.